The molecule has 2 aromatic carbocycles. The van der Waals surface area contributed by atoms with Crippen LogP contribution >= 0.6 is 11.3 Å². The molecule has 25 heavy (non-hydrogen) atoms. The van der Waals surface area contributed by atoms with Crippen molar-refractivity contribution in [2.24, 2.45) is 5.73 Å². The van der Waals surface area contributed by atoms with Crippen molar-refractivity contribution in [3.8, 4) is 17.2 Å². The molecular formula is C19H17N3O2S. The fourth-order valence-electron chi connectivity index (χ4n) is 2.10. The number of nitrogens with two attached hydrogens (primary N) is 1. The molecule has 0 radical (unpaired) electrons. The Morgan fingerprint density at radius 3 is 2.28 bits per heavy atom. The van der Waals surface area contributed by atoms with E-state index in [1.54, 1.807) is 23.6 Å². The van der Waals surface area contributed by atoms with Crippen molar-refractivity contribution in [1.82, 2.24) is 4.98 Å². The number of allylic oxidation sites excluding steroid dienone is 1. The third-order valence-electron chi connectivity index (χ3n) is 3.33. The quantitative estimate of drug-likeness (QED) is 0.620. The molecule has 0 saturated heterocycles. The molecular weight excluding hydrogens is 334 g/mol. The van der Waals surface area contributed by atoms with Gasteiger partial charge in [-0.15, -0.1) is 11.3 Å². The molecule has 0 aliphatic carbocycles. The van der Waals surface area contributed by atoms with E-state index in [2.05, 4.69) is 4.98 Å². The van der Waals surface area contributed by atoms with Gasteiger partial charge < -0.3 is 20.6 Å². The van der Waals surface area contributed by atoms with Crippen LogP contribution in [0.25, 0.3) is 0 Å². The lowest BCUT2D eigenvalue weighted by Crippen LogP contribution is -1.96. The number of benzene rings is 2. The molecule has 1 aromatic heterocycles. The maximum Gasteiger partial charge on any atom is 0.140 e. The van der Waals surface area contributed by atoms with Crippen LogP contribution in [0, 0.1) is 5.41 Å². The molecule has 0 saturated carbocycles. The summed E-state index contributed by atoms with van der Waals surface area (Å²) in [4.78, 5) is 4.18. The lowest BCUT2D eigenvalue weighted by molar-refractivity contribution is 0.305. The van der Waals surface area contributed by atoms with E-state index in [1.807, 2.05) is 53.9 Å². The molecule has 3 aromatic rings. The van der Waals surface area contributed by atoms with Crippen molar-refractivity contribution in [3.05, 3.63) is 83.0 Å². The van der Waals surface area contributed by atoms with Gasteiger partial charge in [-0.2, -0.15) is 0 Å². The second-order valence-electron chi connectivity index (χ2n) is 5.09. The number of thiazole rings is 1. The highest BCUT2D eigenvalue weighted by Crippen LogP contribution is 2.24. The minimum atomic E-state index is 0.357. The number of ether oxygens (including phenoxy) is 2. The summed E-state index contributed by atoms with van der Waals surface area (Å²) in [6.07, 6.45) is 4.66. The SMILES string of the molecule is N=C(C=CN)c1ccc(Oc2ccc(OCc3nccs3)cc2)cc1. The molecule has 1 heterocycles. The van der Waals surface area contributed by atoms with Crippen molar-refractivity contribution in [2.45, 2.75) is 6.61 Å². The first-order valence-corrected chi connectivity index (χ1v) is 8.49. The largest absolute Gasteiger partial charge is 0.486 e. The lowest BCUT2D eigenvalue weighted by Gasteiger charge is -2.08. The van der Waals surface area contributed by atoms with Gasteiger partial charge in [-0.25, -0.2) is 4.98 Å². The summed E-state index contributed by atoms with van der Waals surface area (Å²) >= 11 is 1.57. The summed E-state index contributed by atoms with van der Waals surface area (Å²) in [5, 5.41) is 10.7. The van der Waals surface area contributed by atoms with Gasteiger partial charge in [0.25, 0.3) is 0 Å². The highest BCUT2D eigenvalue weighted by atomic mass is 32.1. The maximum absolute atomic E-state index is 7.81. The molecule has 0 bridgehead atoms. The summed E-state index contributed by atoms with van der Waals surface area (Å²) < 4.78 is 11.5. The third-order valence-corrected chi connectivity index (χ3v) is 4.09. The van der Waals surface area contributed by atoms with Crippen LogP contribution in [-0.4, -0.2) is 10.7 Å². The predicted molar refractivity (Wildman–Crippen MR) is 99.6 cm³/mol. The van der Waals surface area contributed by atoms with Gasteiger partial charge in [-0.05, 0) is 66.4 Å². The van der Waals surface area contributed by atoms with Gasteiger partial charge in [-0.1, -0.05) is 0 Å². The van der Waals surface area contributed by atoms with Crippen molar-refractivity contribution in [3.63, 3.8) is 0 Å². The Bertz CT molecular complexity index is 841. The molecule has 0 aliphatic rings. The summed E-state index contributed by atoms with van der Waals surface area (Å²) in [6, 6.07) is 14.7. The molecule has 0 aliphatic heterocycles. The van der Waals surface area contributed by atoms with Gasteiger partial charge in [0.2, 0.25) is 0 Å². The smallest absolute Gasteiger partial charge is 0.140 e. The molecule has 3 N–H and O–H groups in total. The summed E-state index contributed by atoms with van der Waals surface area (Å²) in [7, 11) is 0. The zero-order valence-corrected chi connectivity index (χ0v) is 14.2. The van der Waals surface area contributed by atoms with E-state index < -0.39 is 0 Å². The van der Waals surface area contributed by atoms with E-state index >= 15 is 0 Å². The summed E-state index contributed by atoms with van der Waals surface area (Å²) in [5.41, 5.74) is 6.44. The van der Waals surface area contributed by atoms with Crippen LogP contribution in [0.3, 0.4) is 0 Å². The van der Waals surface area contributed by atoms with Crippen LogP contribution < -0.4 is 15.2 Å². The molecule has 0 unspecified atom stereocenters. The first kappa shape index (κ1) is 16.7. The molecule has 0 atom stereocenters. The van der Waals surface area contributed by atoms with Gasteiger partial charge in [0.15, 0.2) is 0 Å². The van der Waals surface area contributed by atoms with Gasteiger partial charge in [0, 0.05) is 11.6 Å². The predicted octanol–water partition coefficient (Wildman–Crippen LogP) is 4.35. The van der Waals surface area contributed by atoms with E-state index in [4.69, 9.17) is 20.6 Å². The standard InChI is InChI=1S/C19H17N3O2S/c20-10-9-18(21)14-1-3-16(4-2-14)24-17-7-5-15(6-8-17)23-13-19-22-11-12-25-19/h1-12,21H,13,20H2. The topological polar surface area (TPSA) is 81.2 Å². The average molecular weight is 351 g/mol. The highest BCUT2D eigenvalue weighted by molar-refractivity contribution is 7.09. The highest BCUT2D eigenvalue weighted by Gasteiger charge is 2.02. The Morgan fingerprint density at radius 2 is 1.68 bits per heavy atom. The van der Waals surface area contributed by atoms with Gasteiger partial charge in [0.05, 0.1) is 5.71 Å². The molecule has 0 fully saturated rings. The zero-order valence-electron chi connectivity index (χ0n) is 13.4. The third kappa shape index (κ3) is 4.68. The number of rotatable bonds is 7. The van der Waals surface area contributed by atoms with Gasteiger partial charge in [-0.3, -0.25) is 0 Å². The van der Waals surface area contributed by atoms with Crippen LogP contribution in [0.15, 0.2) is 72.4 Å². The van der Waals surface area contributed by atoms with Crippen LogP contribution in [-0.2, 0) is 6.61 Å². The van der Waals surface area contributed by atoms with Crippen LogP contribution in [0.1, 0.15) is 10.6 Å². The molecule has 0 spiro atoms. The molecule has 126 valence electrons. The Morgan fingerprint density at radius 1 is 1.04 bits per heavy atom. The minimum absolute atomic E-state index is 0.357. The normalized spacial score (nSPS) is 10.7. The molecule has 0 amide bonds. The number of hydrogen-bond donors (Lipinski definition) is 2. The van der Waals surface area contributed by atoms with Crippen molar-refractivity contribution in [2.75, 3.05) is 0 Å². The van der Waals surface area contributed by atoms with Crippen LogP contribution in [0.4, 0.5) is 0 Å². The van der Waals surface area contributed by atoms with Gasteiger partial charge >= 0.3 is 0 Å². The van der Waals surface area contributed by atoms with Crippen molar-refractivity contribution in [1.29, 1.82) is 5.41 Å². The van der Waals surface area contributed by atoms with E-state index in [9.17, 15) is 0 Å². The molecule has 3 rings (SSSR count). The van der Waals surface area contributed by atoms with Gasteiger partial charge in [0.1, 0.15) is 28.9 Å². The van der Waals surface area contributed by atoms with E-state index in [1.165, 1.54) is 6.20 Å². The van der Waals surface area contributed by atoms with E-state index in [0.29, 0.717) is 23.8 Å². The van der Waals surface area contributed by atoms with Crippen molar-refractivity contribution < 1.29 is 9.47 Å². The monoisotopic (exact) mass is 351 g/mol. The number of aromatic nitrogens is 1. The molecule has 5 nitrogen and oxygen atoms in total. The van der Waals surface area contributed by atoms with E-state index in [-0.39, 0.29) is 0 Å². The fraction of sp³-hybridized carbons (Fsp3) is 0.0526. The first-order chi connectivity index (χ1) is 12.2. The zero-order chi connectivity index (χ0) is 17.5. The Kier molecular flexibility index (Phi) is 5.43. The Balaban J connectivity index is 1.58. The fourth-order valence-corrected chi connectivity index (χ4v) is 2.63. The van der Waals surface area contributed by atoms with Crippen LogP contribution in [0.2, 0.25) is 0 Å². The second-order valence-corrected chi connectivity index (χ2v) is 6.06. The number of nitrogens with zero attached hydrogens (tertiary/aromatic N) is 1. The number of hydrogen-bond acceptors (Lipinski definition) is 6. The molecule has 6 heteroatoms. The second kappa shape index (κ2) is 8.12. The lowest BCUT2D eigenvalue weighted by atomic mass is 10.1. The first-order valence-electron chi connectivity index (χ1n) is 7.61. The van der Waals surface area contributed by atoms with Crippen LogP contribution in [0.5, 0.6) is 17.2 Å². The number of nitrogens with one attached hydrogen (secondary N) is 1. The van der Waals surface area contributed by atoms with E-state index in [0.717, 1.165) is 16.3 Å². The maximum atomic E-state index is 7.81. The van der Waals surface area contributed by atoms with Crippen molar-refractivity contribution >= 4 is 17.0 Å². The summed E-state index contributed by atoms with van der Waals surface area (Å²) in [6.45, 7) is 0.461. The Labute approximate surface area is 149 Å². The summed E-state index contributed by atoms with van der Waals surface area (Å²) in [5.74, 6) is 2.18. The Hall–Kier alpha value is -3.12. The minimum Gasteiger partial charge on any atom is -0.486 e. The average Bonchev–Trinajstić information content (AvgIpc) is 3.15.